The number of thiophene rings is 1. The van der Waals surface area contributed by atoms with Crippen LogP contribution in [0.2, 0.25) is 0 Å². The highest BCUT2D eigenvalue weighted by Gasteiger charge is 2.28. The maximum Gasteiger partial charge on any atom is 0.251 e. The second kappa shape index (κ2) is 6.87. The van der Waals surface area contributed by atoms with Crippen LogP contribution < -0.4 is 14.6 Å². The molecule has 0 bridgehead atoms. The number of methoxy groups -OCH3 is 2. The molecule has 1 aliphatic rings. The van der Waals surface area contributed by atoms with E-state index in [0.717, 1.165) is 42.1 Å². The molecule has 6 nitrogen and oxygen atoms in total. The van der Waals surface area contributed by atoms with Crippen LogP contribution in [0.1, 0.15) is 17.7 Å². The third-order valence-corrected chi connectivity index (χ3v) is 6.30. The van der Waals surface area contributed by atoms with E-state index in [9.17, 15) is 8.42 Å². The average Bonchev–Trinajstić information content (AvgIpc) is 2.85. The summed E-state index contributed by atoms with van der Waals surface area (Å²) >= 11 is 1.10. The van der Waals surface area contributed by atoms with Crippen LogP contribution in [-0.4, -0.2) is 40.6 Å². The van der Waals surface area contributed by atoms with Crippen molar-refractivity contribution in [3.63, 3.8) is 0 Å². The van der Waals surface area contributed by atoms with Crippen LogP contribution in [0.15, 0.2) is 4.21 Å². The third kappa shape index (κ3) is 3.55. The fraction of sp³-hybridized carbons (Fsp3) is 0.571. The monoisotopic (exact) mass is 344 g/mol. The highest BCUT2D eigenvalue weighted by molar-refractivity contribution is 7.91. The van der Waals surface area contributed by atoms with E-state index in [-0.39, 0.29) is 9.96 Å². The zero-order valence-corrected chi connectivity index (χ0v) is 14.3. The van der Waals surface area contributed by atoms with E-state index in [1.165, 1.54) is 14.2 Å². The Kier molecular flexibility index (Phi) is 5.34. The van der Waals surface area contributed by atoms with Crippen molar-refractivity contribution in [2.75, 3.05) is 27.3 Å². The van der Waals surface area contributed by atoms with Crippen LogP contribution in [0.25, 0.3) is 0 Å². The summed E-state index contributed by atoms with van der Waals surface area (Å²) in [6.07, 6.45) is 7.35. The molecule has 2 heterocycles. The molecule has 8 heteroatoms. The SMILES string of the molecule is C#CC1CCN(Cc2sc(S(N)(=O)=O)c(OC)c2OC)CC1. The Morgan fingerprint density at radius 3 is 2.36 bits per heavy atom. The number of piperidine rings is 1. The lowest BCUT2D eigenvalue weighted by atomic mass is 9.98. The van der Waals surface area contributed by atoms with Crippen molar-refractivity contribution < 1.29 is 17.9 Å². The summed E-state index contributed by atoms with van der Waals surface area (Å²) in [6, 6.07) is 0. The lowest BCUT2D eigenvalue weighted by Gasteiger charge is -2.29. The standard InChI is InChI=1S/C14H20N2O4S2/c1-4-10-5-7-16(8-6-10)9-11-12(19-2)13(20-3)14(21-11)22(15,17)18/h1,10H,5-9H2,2-3H3,(H2,15,17,18). The number of nitrogens with zero attached hydrogens (tertiary/aromatic N) is 1. The van der Waals surface area contributed by atoms with E-state index in [2.05, 4.69) is 10.8 Å². The second-order valence-corrected chi connectivity index (χ2v) is 8.00. The van der Waals surface area contributed by atoms with Crippen LogP contribution in [0, 0.1) is 18.3 Å². The quantitative estimate of drug-likeness (QED) is 0.813. The molecule has 0 radical (unpaired) electrons. The summed E-state index contributed by atoms with van der Waals surface area (Å²) in [6.45, 7) is 2.35. The van der Waals surface area contributed by atoms with Crippen molar-refractivity contribution in [3.8, 4) is 23.8 Å². The van der Waals surface area contributed by atoms with Crippen molar-refractivity contribution in [1.29, 1.82) is 0 Å². The van der Waals surface area contributed by atoms with Gasteiger partial charge in [-0.1, -0.05) is 0 Å². The molecule has 0 aromatic carbocycles. The van der Waals surface area contributed by atoms with Crippen LogP contribution >= 0.6 is 11.3 Å². The molecule has 122 valence electrons. The molecule has 0 saturated carbocycles. The predicted octanol–water partition coefficient (Wildman–Crippen LogP) is 1.26. The number of sulfonamides is 1. The molecule has 22 heavy (non-hydrogen) atoms. The number of primary sulfonamides is 1. The van der Waals surface area contributed by atoms with E-state index in [1.807, 2.05) is 0 Å². The van der Waals surface area contributed by atoms with Crippen LogP contribution in [0.3, 0.4) is 0 Å². The summed E-state index contributed by atoms with van der Waals surface area (Å²) in [5, 5.41) is 5.25. The summed E-state index contributed by atoms with van der Waals surface area (Å²) in [5.41, 5.74) is 0. The molecule has 2 rings (SSSR count). The van der Waals surface area contributed by atoms with Gasteiger partial charge < -0.3 is 9.47 Å². The fourth-order valence-corrected chi connectivity index (χ4v) is 4.77. The number of rotatable bonds is 5. The van der Waals surface area contributed by atoms with Gasteiger partial charge in [0.15, 0.2) is 15.7 Å². The Morgan fingerprint density at radius 2 is 1.91 bits per heavy atom. The molecule has 0 amide bonds. The molecule has 0 spiro atoms. The van der Waals surface area contributed by atoms with E-state index >= 15 is 0 Å². The number of hydrogen-bond donors (Lipinski definition) is 1. The van der Waals surface area contributed by atoms with Gasteiger partial charge in [-0.3, -0.25) is 4.90 Å². The Labute approximate surface area is 135 Å². The van der Waals surface area contributed by atoms with Gasteiger partial charge in [-0.25, -0.2) is 13.6 Å². The molecule has 0 unspecified atom stereocenters. The molecule has 1 fully saturated rings. The molecule has 1 aliphatic heterocycles. The largest absolute Gasteiger partial charge is 0.492 e. The molecule has 1 aromatic heterocycles. The van der Waals surface area contributed by atoms with Gasteiger partial charge in [-0.2, -0.15) is 0 Å². The minimum Gasteiger partial charge on any atom is -0.492 e. The first-order chi connectivity index (χ1) is 10.4. The number of hydrogen-bond acceptors (Lipinski definition) is 6. The molecule has 1 saturated heterocycles. The first-order valence-corrected chi connectivity index (χ1v) is 9.22. The lowest BCUT2D eigenvalue weighted by molar-refractivity contribution is 0.198. The molecule has 1 aromatic rings. The average molecular weight is 344 g/mol. The maximum atomic E-state index is 11.7. The first kappa shape index (κ1) is 17.1. The van der Waals surface area contributed by atoms with Gasteiger partial charge in [0.1, 0.15) is 0 Å². The molecule has 2 N–H and O–H groups in total. The maximum absolute atomic E-state index is 11.7. The zero-order valence-electron chi connectivity index (χ0n) is 12.7. The third-order valence-electron chi connectivity index (χ3n) is 3.72. The van der Waals surface area contributed by atoms with Gasteiger partial charge in [0.25, 0.3) is 10.0 Å². The second-order valence-electron chi connectivity index (χ2n) is 5.14. The van der Waals surface area contributed by atoms with E-state index in [1.54, 1.807) is 0 Å². The Morgan fingerprint density at radius 1 is 1.32 bits per heavy atom. The number of likely N-dealkylation sites (tertiary alicyclic amines) is 1. The Bertz CT molecular complexity index is 668. The highest BCUT2D eigenvalue weighted by atomic mass is 32.2. The van der Waals surface area contributed by atoms with Crippen molar-refractivity contribution in [1.82, 2.24) is 4.90 Å². The van der Waals surface area contributed by atoms with E-state index < -0.39 is 10.0 Å². The Hall–Kier alpha value is -1.27. The molecule has 0 atom stereocenters. The Balaban J connectivity index is 2.25. The number of nitrogens with two attached hydrogens (primary N) is 1. The normalized spacial score (nSPS) is 17.2. The van der Waals surface area contributed by atoms with Gasteiger partial charge in [0, 0.05) is 12.5 Å². The molecular formula is C14H20N2O4S2. The van der Waals surface area contributed by atoms with Gasteiger partial charge in [-0.15, -0.1) is 23.7 Å². The van der Waals surface area contributed by atoms with Crippen LogP contribution in [0.4, 0.5) is 0 Å². The number of terminal acetylenes is 1. The number of ether oxygens (including phenoxy) is 2. The van der Waals surface area contributed by atoms with Gasteiger partial charge in [-0.05, 0) is 25.9 Å². The van der Waals surface area contributed by atoms with Crippen LogP contribution in [-0.2, 0) is 16.6 Å². The summed E-state index contributed by atoms with van der Waals surface area (Å²) in [5.74, 6) is 3.74. The highest BCUT2D eigenvalue weighted by Crippen LogP contribution is 2.44. The van der Waals surface area contributed by atoms with Crippen molar-refractivity contribution in [3.05, 3.63) is 4.88 Å². The fourth-order valence-electron chi connectivity index (χ4n) is 2.56. The summed E-state index contributed by atoms with van der Waals surface area (Å²) in [7, 11) is -0.947. The lowest BCUT2D eigenvalue weighted by Crippen LogP contribution is -2.32. The van der Waals surface area contributed by atoms with E-state index in [0.29, 0.717) is 18.2 Å². The van der Waals surface area contributed by atoms with Crippen LogP contribution in [0.5, 0.6) is 11.5 Å². The molecular weight excluding hydrogens is 324 g/mol. The van der Waals surface area contributed by atoms with Gasteiger partial charge in [0.2, 0.25) is 0 Å². The summed E-state index contributed by atoms with van der Waals surface area (Å²) < 4.78 is 33.9. The summed E-state index contributed by atoms with van der Waals surface area (Å²) in [4.78, 5) is 3.02. The van der Waals surface area contributed by atoms with E-state index in [4.69, 9.17) is 21.0 Å². The smallest absolute Gasteiger partial charge is 0.251 e. The van der Waals surface area contributed by atoms with Gasteiger partial charge >= 0.3 is 0 Å². The first-order valence-electron chi connectivity index (χ1n) is 6.85. The van der Waals surface area contributed by atoms with Crippen molar-refractivity contribution in [2.45, 2.75) is 23.6 Å². The minimum absolute atomic E-state index is 0.000334. The zero-order chi connectivity index (χ0) is 16.3. The minimum atomic E-state index is -3.84. The van der Waals surface area contributed by atoms with Gasteiger partial charge in [0.05, 0.1) is 19.1 Å². The molecule has 0 aliphatic carbocycles. The van der Waals surface area contributed by atoms with Crippen molar-refractivity contribution in [2.24, 2.45) is 11.1 Å². The predicted molar refractivity (Wildman–Crippen MR) is 85.6 cm³/mol. The topological polar surface area (TPSA) is 81.9 Å². The van der Waals surface area contributed by atoms with Crippen molar-refractivity contribution >= 4 is 21.4 Å².